The lowest BCUT2D eigenvalue weighted by atomic mass is 10.0. The second-order valence-electron chi connectivity index (χ2n) is 9.17. The third-order valence-corrected chi connectivity index (χ3v) is 7.03. The minimum absolute atomic E-state index is 0.648. The fourth-order valence-electron chi connectivity index (χ4n) is 5.11. The van der Waals surface area contributed by atoms with E-state index < -0.39 is 0 Å². The number of para-hydroxylation sites is 3. The molecule has 0 aliphatic heterocycles. The predicted molar refractivity (Wildman–Crippen MR) is 149 cm³/mol. The van der Waals surface area contributed by atoms with Crippen LogP contribution >= 0.6 is 0 Å². The number of oxazole rings is 1. The van der Waals surface area contributed by atoms with Crippen molar-refractivity contribution in [2.45, 2.75) is 13.3 Å². The molecule has 172 valence electrons. The van der Waals surface area contributed by atoms with Crippen molar-refractivity contribution in [1.29, 1.82) is 0 Å². The van der Waals surface area contributed by atoms with Gasteiger partial charge in [0.25, 0.3) is 0 Å². The van der Waals surface area contributed by atoms with Crippen LogP contribution in [0.3, 0.4) is 0 Å². The van der Waals surface area contributed by atoms with Gasteiger partial charge in [-0.25, -0.2) is 4.98 Å². The van der Waals surface area contributed by atoms with Gasteiger partial charge in [0, 0.05) is 22.0 Å². The molecule has 0 radical (unpaired) electrons. The topological polar surface area (TPSA) is 31.0 Å². The average Bonchev–Trinajstić information content (AvgIpc) is 3.52. The number of aryl methyl sites for hydroxylation is 1. The van der Waals surface area contributed by atoms with Crippen molar-refractivity contribution in [1.82, 2.24) is 9.55 Å². The van der Waals surface area contributed by atoms with Gasteiger partial charge in [-0.15, -0.1) is 0 Å². The van der Waals surface area contributed by atoms with Crippen LogP contribution in [0.5, 0.6) is 0 Å². The summed E-state index contributed by atoms with van der Waals surface area (Å²) in [6, 6.07) is 40.7. The van der Waals surface area contributed by atoms with Crippen LogP contribution in [-0.4, -0.2) is 9.55 Å². The van der Waals surface area contributed by atoms with Crippen molar-refractivity contribution in [2.75, 3.05) is 0 Å². The lowest BCUT2D eigenvalue weighted by Gasteiger charge is -2.09. The first-order valence-electron chi connectivity index (χ1n) is 12.4. The van der Waals surface area contributed by atoms with E-state index in [9.17, 15) is 0 Å². The monoisotopic (exact) mass is 464 g/mol. The Morgan fingerprint density at radius 3 is 2.14 bits per heavy atom. The molecule has 0 N–H and O–H groups in total. The molecule has 0 fully saturated rings. The van der Waals surface area contributed by atoms with E-state index in [1.54, 1.807) is 0 Å². The van der Waals surface area contributed by atoms with Crippen LogP contribution in [0.2, 0.25) is 0 Å². The van der Waals surface area contributed by atoms with E-state index >= 15 is 0 Å². The standard InChI is InChI=1S/C33H24N2O/c1-2-22-11-18-26(19-12-22)35-30-9-5-3-7-27(30)28-21-25(17-20-31(28)35)23-13-15-24(16-14-23)33-34-29-8-4-6-10-32(29)36-33/h3-21H,2H2,1H3. The van der Waals surface area contributed by atoms with Gasteiger partial charge in [0.1, 0.15) is 5.52 Å². The van der Waals surface area contributed by atoms with Gasteiger partial charge in [0.05, 0.1) is 11.0 Å². The summed E-state index contributed by atoms with van der Waals surface area (Å²) in [5.74, 6) is 0.648. The summed E-state index contributed by atoms with van der Waals surface area (Å²) in [7, 11) is 0. The van der Waals surface area contributed by atoms with Crippen molar-refractivity contribution < 1.29 is 4.42 Å². The summed E-state index contributed by atoms with van der Waals surface area (Å²) in [6.45, 7) is 2.19. The number of nitrogens with zero attached hydrogens (tertiary/aromatic N) is 2. The Hall–Kier alpha value is -4.63. The van der Waals surface area contributed by atoms with Crippen LogP contribution in [0, 0.1) is 0 Å². The fourth-order valence-corrected chi connectivity index (χ4v) is 5.11. The van der Waals surface area contributed by atoms with Gasteiger partial charge in [0.15, 0.2) is 5.58 Å². The summed E-state index contributed by atoms with van der Waals surface area (Å²) < 4.78 is 8.32. The molecular formula is C33H24N2O. The zero-order valence-electron chi connectivity index (χ0n) is 20.0. The molecule has 36 heavy (non-hydrogen) atoms. The van der Waals surface area contributed by atoms with Crippen molar-refractivity contribution in [3.05, 3.63) is 121 Å². The molecule has 7 aromatic rings. The number of aromatic nitrogens is 2. The van der Waals surface area contributed by atoms with Crippen LogP contribution in [0.25, 0.3) is 61.2 Å². The van der Waals surface area contributed by atoms with E-state index in [-0.39, 0.29) is 0 Å². The van der Waals surface area contributed by atoms with E-state index in [1.165, 1.54) is 44.2 Å². The summed E-state index contributed by atoms with van der Waals surface area (Å²) in [5, 5.41) is 2.52. The summed E-state index contributed by atoms with van der Waals surface area (Å²) in [6.07, 6.45) is 1.04. The Balaban J connectivity index is 1.32. The second kappa shape index (κ2) is 8.24. The van der Waals surface area contributed by atoms with Gasteiger partial charge in [0.2, 0.25) is 5.89 Å². The average molecular weight is 465 g/mol. The third kappa shape index (κ3) is 3.32. The first-order chi connectivity index (χ1) is 17.8. The maximum Gasteiger partial charge on any atom is 0.227 e. The molecule has 0 amide bonds. The molecule has 0 saturated carbocycles. The SMILES string of the molecule is CCc1ccc(-n2c3ccccc3c3cc(-c4ccc(-c5nc6ccccc6o5)cc4)ccc32)cc1. The molecule has 3 nitrogen and oxygen atoms in total. The van der Waals surface area contributed by atoms with Crippen molar-refractivity contribution >= 4 is 32.9 Å². The van der Waals surface area contributed by atoms with E-state index in [0.717, 1.165) is 23.1 Å². The largest absolute Gasteiger partial charge is 0.436 e. The van der Waals surface area contributed by atoms with Crippen molar-refractivity contribution in [2.24, 2.45) is 0 Å². The number of rotatable bonds is 4. The van der Waals surface area contributed by atoms with Gasteiger partial charge in [-0.05, 0) is 77.7 Å². The quantitative estimate of drug-likeness (QED) is 0.260. The second-order valence-corrected chi connectivity index (χ2v) is 9.17. The highest BCUT2D eigenvalue weighted by Crippen LogP contribution is 2.35. The Kier molecular flexibility index (Phi) is 4.74. The number of hydrogen-bond donors (Lipinski definition) is 0. The molecule has 7 rings (SSSR count). The molecule has 3 heteroatoms. The Morgan fingerprint density at radius 2 is 1.33 bits per heavy atom. The predicted octanol–water partition coefficient (Wildman–Crippen LogP) is 8.82. The highest BCUT2D eigenvalue weighted by Gasteiger charge is 2.14. The molecule has 0 aliphatic carbocycles. The van der Waals surface area contributed by atoms with Crippen LogP contribution in [0.4, 0.5) is 0 Å². The third-order valence-electron chi connectivity index (χ3n) is 7.03. The van der Waals surface area contributed by atoms with Gasteiger partial charge < -0.3 is 8.98 Å². The molecule has 0 unspecified atom stereocenters. The molecule has 5 aromatic carbocycles. The molecular weight excluding hydrogens is 440 g/mol. The van der Waals surface area contributed by atoms with Gasteiger partial charge >= 0.3 is 0 Å². The molecule has 0 atom stereocenters. The van der Waals surface area contributed by atoms with Crippen molar-refractivity contribution in [3.63, 3.8) is 0 Å². The summed E-state index contributed by atoms with van der Waals surface area (Å²) in [5.41, 5.74) is 10.00. The minimum Gasteiger partial charge on any atom is -0.436 e. The zero-order chi connectivity index (χ0) is 24.1. The van der Waals surface area contributed by atoms with Gasteiger partial charge in [-0.1, -0.05) is 67.6 Å². The van der Waals surface area contributed by atoms with E-state index in [2.05, 4.69) is 107 Å². The number of benzene rings is 5. The summed E-state index contributed by atoms with van der Waals surface area (Å²) in [4.78, 5) is 4.63. The zero-order valence-corrected chi connectivity index (χ0v) is 20.0. The van der Waals surface area contributed by atoms with Crippen LogP contribution in [0.15, 0.2) is 120 Å². The normalized spacial score (nSPS) is 11.6. The fraction of sp³-hybridized carbons (Fsp3) is 0.0606. The first kappa shape index (κ1) is 20.7. The maximum absolute atomic E-state index is 5.95. The lowest BCUT2D eigenvalue weighted by Crippen LogP contribution is -1.94. The molecule has 0 spiro atoms. The first-order valence-corrected chi connectivity index (χ1v) is 12.4. The highest BCUT2D eigenvalue weighted by molar-refractivity contribution is 6.10. The number of hydrogen-bond acceptors (Lipinski definition) is 2. The van der Waals surface area contributed by atoms with Crippen LogP contribution in [0.1, 0.15) is 12.5 Å². The Labute approximate surface area is 209 Å². The molecule has 0 bridgehead atoms. The summed E-state index contributed by atoms with van der Waals surface area (Å²) >= 11 is 0. The van der Waals surface area contributed by atoms with E-state index in [4.69, 9.17) is 4.42 Å². The molecule has 2 aromatic heterocycles. The maximum atomic E-state index is 5.95. The van der Waals surface area contributed by atoms with Crippen LogP contribution < -0.4 is 0 Å². The van der Waals surface area contributed by atoms with E-state index in [0.29, 0.717) is 5.89 Å². The van der Waals surface area contributed by atoms with Crippen molar-refractivity contribution in [3.8, 4) is 28.3 Å². The van der Waals surface area contributed by atoms with E-state index in [1.807, 2.05) is 24.3 Å². The number of fused-ring (bicyclic) bond motifs is 4. The van der Waals surface area contributed by atoms with Gasteiger partial charge in [-0.2, -0.15) is 0 Å². The Morgan fingerprint density at radius 1 is 0.639 bits per heavy atom. The molecule has 0 saturated heterocycles. The smallest absolute Gasteiger partial charge is 0.227 e. The Bertz CT molecular complexity index is 1820. The molecule has 2 heterocycles. The molecule has 0 aliphatic rings. The lowest BCUT2D eigenvalue weighted by molar-refractivity contribution is 0.620. The minimum atomic E-state index is 0.648. The highest BCUT2D eigenvalue weighted by atomic mass is 16.3. The van der Waals surface area contributed by atoms with Crippen LogP contribution in [-0.2, 0) is 6.42 Å². The van der Waals surface area contributed by atoms with Gasteiger partial charge in [-0.3, -0.25) is 0 Å².